The Morgan fingerprint density at radius 1 is 1.04 bits per heavy atom. The number of hydrogen-bond acceptors (Lipinski definition) is 3. The molecular weight excluding hydrogens is 393 g/mol. The zero-order chi connectivity index (χ0) is 18.1. The number of aryl methyl sites for hydroxylation is 1. The minimum Gasteiger partial charge on any atom is -0.338 e. The Morgan fingerprint density at radius 2 is 1.79 bits per heavy atom. The minimum atomic E-state index is 0. The topological polar surface area (TPSA) is 59.2 Å². The summed E-state index contributed by atoms with van der Waals surface area (Å²) in [5.41, 5.74) is 9.65. The fraction of sp³-hybridized carbons (Fsp3) is 0.273. The van der Waals surface area contributed by atoms with E-state index in [-0.39, 0.29) is 42.6 Å². The van der Waals surface area contributed by atoms with Gasteiger partial charge < -0.3 is 10.6 Å². The van der Waals surface area contributed by atoms with Crippen molar-refractivity contribution in [2.75, 3.05) is 19.6 Å². The molecule has 6 heteroatoms. The molecule has 148 valence electrons. The number of fused-ring (bicyclic) bond motifs is 1. The molecular formula is C22H25Cl2N3O. The molecule has 0 bridgehead atoms. The number of hydrogen-bond donors (Lipinski definition) is 1. The molecule has 2 heterocycles. The number of para-hydroxylation sites is 1. The summed E-state index contributed by atoms with van der Waals surface area (Å²) in [4.78, 5) is 19.8. The van der Waals surface area contributed by atoms with Gasteiger partial charge in [-0.1, -0.05) is 48.5 Å². The molecule has 3 aromatic rings. The summed E-state index contributed by atoms with van der Waals surface area (Å²) in [5.74, 6) is 0.617. The smallest absolute Gasteiger partial charge is 0.256 e. The molecule has 0 saturated carbocycles. The van der Waals surface area contributed by atoms with Crippen LogP contribution in [-0.2, 0) is 0 Å². The van der Waals surface area contributed by atoms with Crippen molar-refractivity contribution < 1.29 is 4.79 Å². The fourth-order valence-electron chi connectivity index (χ4n) is 3.94. The Kier molecular flexibility index (Phi) is 7.41. The average Bonchev–Trinajstić information content (AvgIpc) is 3.12. The zero-order valence-electron chi connectivity index (χ0n) is 15.7. The van der Waals surface area contributed by atoms with Gasteiger partial charge in [0, 0.05) is 30.1 Å². The van der Waals surface area contributed by atoms with E-state index in [9.17, 15) is 4.79 Å². The number of carbonyl (C=O) groups excluding carboxylic acids is 1. The van der Waals surface area contributed by atoms with Gasteiger partial charge >= 0.3 is 0 Å². The summed E-state index contributed by atoms with van der Waals surface area (Å²) >= 11 is 0. The van der Waals surface area contributed by atoms with Gasteiger partial charge in [0.1, 0.15) is 0 Å². The summed E-state index contributed by atoms with van der Waals surface area (Å²) in [5, 5.41) is 0.996. The molecule has 1 fully saturated rings. The van der Waals surface area contributed by atoms with Crippen molar-refractivity contribution in [1.82, 2.24) is 9.88 Å². The number of benzene rings is 2. The van der Waals surface area contributed by atoms with Crippen LogP contribution in [0, 0.1) is 12.8 Å². The third-order valence-electron chi connectivity index (χ3n) is 5.35. The van der Waals surface area contributed by atoms with Crippen LogP contribution in [0.1, 0.15) is 27.5 Å². The van der Waals surface area contributed by atoms with Gasteiger partial charge in [0.15, 0.2) is 0 Å². The Hall–Kier alpha value is -2.14. The van der Waals surface area contributed by atoms with Crippen molar-refractivity contribution in [2.45, 2.75) is 12.8 Å². The van der Waals surface area contributed by atoms with E-state index in [1.54, 1.807) is 0 Å². The van der Waals surface area contributed by atoms with E-state index in [0.717, 1.165) is 16.6 Å². The third kappa shape index (κ3) is 4.14. The first-order valence-corrected chi connectivity index (χ1v) is 9.08. The van der Waals surface area contributed by atoms with Crippen molar-refractivity contribution in [3.8, 4) is 0 Å². The maximum absolute atomic E-state index is 13.3. The number of amides is 1. The van der Waals surface area contributed by atoms with E-state index in [1.165, 1.54) is 5.56 Å². The average molecular weight is 418 g/mol. The van der Waals surface area contributed by atoms with Gasteiger partial charge in [-0.15, -0.1) is 24.8 Å². The lowest BCUT2D eigenvalue weighted by Crippen LogP contribution is -2.30. The number of halogens is 2. The molecule has 2 N–H and O–H groups in total. The maximum atomic E-state index is 13.3. The van der Waals surface area contributed by atoms with Gasteiger partial charge in [-0.05, 0) is 37.1 Å². The summed E-state index contributed by atoms with van der Waals surface area (Å²) in [6.07, 6.45) is 0. The molecule has 0 spiro atoms. The lowest BCUT2D eigenvalue weighted by atomic mass is 9.89. The van der Waals surface area contributed by atoms with Crippen LogP contribution in [0.4, 0.5) is 0 Å². The van der Waals surface area contributed by atoms with Crippen LogP contribution >= 0.6 is 24.8 Å². The van der Waals surface area contributed by atoms with Crippen LogP contribution < -0.4 is 5.73 Å². The molecule has 1 amide bonds. The van der Waals surface area contributed by atoms with E-state index >= 15 is 0 Å². The second-order valence-electron chi connectivity index (χ2n) is 7.05. The van der Waals surface area contributed by atoms with Crippen molar-refractivity contribution in [1.29, 1.82) is 0 Å². The number of aromatic nitrogens is 1. The standard InChI is InChI=1S/C22H23N3O.2ClH/c1-15-10-11-17-8-5-9-19(21(17)24-15)22(26)25-13-18(12-23)20(14-25)16-6-3-2-4-7-16;;/h2-11,18,20H,12-14,23H2,1H3;2*1H/t18-,20+;;/m1../s1. The SMILES string of the molecule is Cc1ccc2cccc(C(=O)N3C[C@@H](CN)[C@H](c4ccccc4)C3)c2n1.Cl.Cl. The molecule has 1 aliphatic rings. The number of pyridine rings is 1. The highest BCUT2D eigenvalue weighted by molar-refractivity contribution is 6.05. The first kappa shape index (κ1) is 22.2. The summed E-state index contributed by atoms with van der Waals surface area (Å²) < 4.78 is 0. The lowest BCUT2D eigenvalue weighted by molar-refractivity contribution is 0.0788. The normalized spacial score (nSPS) is 18.4. The molecule has 2 atom stereocenters. The van der Waals surface area contributed by atoms with Crippen LogP contribution in [0.5, 0.6) is 0 Å². The first-order chi connectivity index (χ1) is 12.7. The summed E-state index contributed by atoms with van der Waals surface area (Å²) in [7, 11) is 0. The number of rotatable bonds is 3. The van der Waals surface area contributed by atoms with Gasteiger partial charge in [-0.25, -0.2) is 0 Å². The van der Waals surface area contributed by atoms with Gasteiger partial charge in [0.25, 0.3) is 5.91 Å². The molecule has 4 rings (SSSR count). The molecule has 1 saturated heterocycles. The molecule has 0 unspecified atom stereocenters. The number of likely N-dealkylation sites (tertiary alicyclic amines) is 1. The fourth-order valence-corrected chi connectivity index (χ4v) is 3.94. The largest absolute Gasteiger partial charge is 0.338 e. The predicted molar refractivity (Wildman–Crippen MR) is 119 cm³/mol. The molecule has 1 aromatic heterocycles. The molecule has 4 nitrogen and oxygen atoms in total. The highest BCUT2D eigenvalue weighted by Gasteiger charge is 2.36. The summed E-state index contributed by atoms with van der Waals surface area (Å²) in [6.45, 7) is 3.92. The Morgan fingerprint density at radius 3 is 2.50 bits per heavy atom. The quantitative estimate of drug-likeness (QED) is 0.694. The van der Waals surface area contributed by atoms with E-state index in [0.29, 0.717) is 25.2 Å². The van der Waals surface area contributed by atoms with Crippen molar-refractivity contribution in [2.24, 2.45) is 11.7 Å². The molecule has 0 radical (unpaired) electrons. The van der Waals surface area contributed by atoms with E-state index < -0.39 is 0 Å². The van der Waals surface area contributed by atoms with Gasteiger partial charge in [-0.2, -0.15) is 0 Å². The molecule has 1 aliphatic heterocycles. The van der Waals surface area contributed by atoms with Crippen LogP contribution in [0.2, 0.25) is 0 Å². The maximum Gasteiger partial charge on any atom is 0.256 e. The predicted octanol–water partition coefficient (Wildman–Crippen LogP) is 4.20. The number of carbonyl (C=O) groups is 1. The summed E-state index contributed by atoms with van der Waals surface area (Å²) in [6, 6.07) is 20.2. The Labute approximate surface area is 178 Å². The minimum absolute atomic E-state index is 0. The molecule has 2 aromatic carbocycles. The highest BCUT2D eigenvalue weighted by Crippen LogP contribution is 2.33. The van der Waals surface area contributed by atoms with Crippen molar-refractivity contribution in [3.05, 3.63) is 77.5 Å². The van der Waals surface area contributed by atoms with Crippen LogP contribution in [0.3, 0.4) is 0 Å². The van der Waals surface area contributed by atoms with Gasteiger partial charge in [0.2, 0.25) is 0 Å². The molecule has 0 aliphatic carbocycles. The van der Waals surface area contributed by atoms with E-state index in [2.05, 4.69) is 17.1 Å². The number of nitrogens with two attached hydrogens (primary N) is 1. The first-order valence-electron chi connectivity index (χ1n) is 9.08. The van der Waals surface area contributed by atoms with Gasteiger partial charge in [-0.3, -0.25) is 9.78 Å². The molecule has 28 heavy (non-hydrogen) atoms. The zero-order valence-corrected chi connectivity index (χ0v) is 17.4. The second kappa shape index (κ2) is 9.37. The monoisotopic (exact) mass is 417 g/mol. The third-order valence-corrected chi connectivity index (χ3v) is 5.35. The lowest BCUT2D eigenvalue weighted by Gasteiger charge is -2.17. The van der Waals surface area contributed by atoms with Crippen LogP contribution in [0.15, 0.2) is 60.7 Å². The van der Waals surface area contributed by atoms with Crippen molar-refractivity contribution >= 4 is 41.6 Å². The second-order valence-corrected chi connectivity index (χ2v) is 7.05. The van der Waals surface area contributed by atoms with E-state index in [4.69, 9.17) is 5.73 Å². The highest BCUT2D eigenvalue weighted by atomic mass is 35.5. The number of nitrogens with zero attached hydrogens (tertiary/aromatic N) is 2. The van der Waals surface area contributed by atoms with E-state index in [1.807, 2.05) is 60.4 Å². The van der Waals surface area contributed by atoms with Gasteiger partial charge in [0.05, 0.1) is 11.1 Å². The van der Waals surface area contributed by atoms with Crippen LogP contribution in [0.25, 0.3) is 10.9 Å². The Bertz CT molecular complexity index is 949. The van der Waals surface area contributed by atoms with Crippen molar-refractivity contribution in [3.63, 3.8) is 0 Å². The Balaban J connectivity index is 0.00000140. The van der Waals surface area contributed by atoms with Crippen LogP contribution in [-0.4, -0.2) is 35.4 Å².